The van der Waals surface area contributed by atoms with E-state index in [-0.39, 0.29) is 11.2 Å². The molecule has 0 saturated carbocycles. The Morgan fingerprint density at radius 2 is 2.00 bits per heavy atom. The van der Waals surface area contributed by atoms with Gasteiger partial charge in [0.15, 0.2) is 0 Å². The van der Waals surface area contributed by atoms with Gasteiger partial charge in [0.2, 0.25) is 0 Å². The minimum Gasteiger partial charge on any atom is -0.316 e. The molecule has 0 fully saturated rings. The number of nitrogens with one attached hydrogen (secondary N) is 1. The summed E-state index contributed by atoms with van der Waals surface area (Å²) in [6.45, 7) is 8.75. The molecule has 1 aromatic rings. The topological polar surface area (TPSA) is 12.0 Å². The Kier molecular flexibility index (Phi) is 6.34. The van der Waals surface area contributed by atoms with E-state index in [1.54, 1.807) is 12.1 Å². The number of hydrogen-bond acceptors (Lipinski definition) is 1. The first-order chi connectivity index (χ1) is 8.59. The van der Waals surface area contributed by atoms with Gasteiger partial charge in [-0.05, 0) is 48.9 Å². The molecule has 0 heterocycles. The molecule has 1 atom stereocenters. The molecule has 1 nitrogen and oxygen atoms in total. The van der Waals surface area contributed by atoms with Gasteiger partial charge < -0.3 is 5.32 Å². The van der Waals surface area contributed by atoms with E-state index >= 15 is 0 Å². The third-order valence-corrected chi connectivity index (χ3v) is 3.35. The van der Waals surface area contributed by atoms with E-state index < -0.39 is 0 Å². The molecule has 0 aliphatic heterocycles. The Hall–Kier alpha value is -0.890. The van der Waals surface area contributed by atoms with Crippen molar-refractivity contribution >= 4 is 0 Å². The van der Waals surface area contributed by atoms with Crippen LogP contribution in [0.4, 0.5) is 4.39 Å². The van der Waals surface area contributed by atoms with Gasteiger partial charge in [0.25, 0.3) is 0 Å². The number of halogens is 1. The van der Waals surface area contributed by atoms with Gasteiger partial charge in [0.05, 0.1) is 0 Å². The fourth-order valence-electron chi connectivity index (χ4n) is 2.55. The van der Waals surface area contributed by atoms with Gasteiger partial charge in [-0.3, -0.25) is 0 Å². The Morgan fingerprint density at radius 1 is 1.22 bits per heavy atom. The summed E-state index contributed by atoms with van der Waals surface area (Å²) in [6, 6.07) is 7.00. The van der Waals surface area contributed by atoms with Crippen molar-refractivity contribution in [1.29, 1.82) is 0 Å². The maximum atomic E-state index is 13.2. The summed E-state index contributed by atoms with van der Waals surface area (Å²) in [5.74, 6) is -0.132. The number of rotatable bonds is 8. The van der Waals surface area contributed by atoms with Gasteiger partial charge >= 0.3 is 0 Å². The number of benzene rings is 1. The van der Waals surface area contributed by atoms with Crippen molar-refractivity contribution in [2.75, 3.05) is 13.1 Å². The molecule has 0 saturated heterocycles. The van der Waals surface area contributed by atoms with Crippen LogP contribution in [0, 0.1) is 11.2 Å². The van der Waals surface area contributed by atoms with E-state index in [0.717, 1.165) is 31.5 Å². The molecule has 0 aliphatic rings. The summed E-state index contributed by atoms with van der Waals surface area (Å²) in [5.41, 5.74) is 1.32. The summed E-state index contributed by atoms with van der Waals surface area (Å²) < 4.78 is 13.2. The molecular weight excluding hydrogens is 225 g/mol. The average Bonchev–Trinajstić information content (AvgIpc) is 2.29. The quantitative estimate of drug-likeness (QED) is 0.684. The fourth-order valence-corrected chi connectivity index (χ4v) is 2.55. The van der Waals surface area contributed by atoms with Crippen LogP contribution in [0.15, 0.2) is 24.3 Å². The van der Waals surface area contributed by atoms with Crippen LogP contribution in [0.25, 0.3) is 0 Å². The van der Waals surface area contributed by atoms with E-state index in [0.29, 0.717) is 0 Å². The van der Waals surface area contributed by atoms with Crippen LogP contribution in [0.2, 0.25) is 0 Å². The van der Waals surface area contributed by atoms with Crippen molar-refractivity contribution in [2.24, 2.45) is 5.41 Å². The Labute approximate surface area is 111 Å². The van der Waals surface area contributed by atoms with Crippen LogP contribution in [0.1, 0.15) is 45.6 Å². The molecular formula is C16H26FN. The summed E-state index contributed by atoms with van der Waals surface area (Å²) in [7, 11) is 0. The maximum Gasteiger partial charge on any atom is 0.123 e. The van der Waals surface area contributed by atoms with Crippen molar-refractivity contribution < 1.29 is 4.39 Å². The molecule has 0 bridgehead atoms. The molecule has 2 heteroatoms. The van der Waals surface area contributed by atoms with Crippen LogP contribution in [0.5, 0.6) is 0 Å². The molecule has 18 heavy (non-hydrogen) atoms. The minimum atomic E-state index is -0.132. The van der Waals surface area contributed by atoms with E-state index in [2.05, 4.69) is 26.1 Å². The first kappa shape index (κ1) is 15.2. The molecule has 102 valence electrons. The van der Waals surface area contributed by atoms with Gasteiger partial charge in [0, 0.05) is 6.54 Å². The molecule has 0 amide bonds. The molecule has 0 radical (unpaired) electrons. The minimum absolute atomic E-state index is 0.132. The molecule has 1 unspecified atom stereocenters. The predicted octanol–water partition coefficient (Wildman–Crippen LogP) is 4.17. The van der Waals surface area contributed by atoms with Gasteiger partial charge in [0.1, 0.15) is 5.82 Å². The highest BCUT2D eigenvalue weighted by Gasteiger charge is 2.23. The van der Waals surface area contributed by atoms with Crippen LogP contribution in [-0.4, -0.2) is 13.1 Å². The Morgan fingerprint density at radius 3 is 2.61 bits per heavy atom. The highest BCUT2D eigenvalue weighted by molar-refractivity contribution is 5.18. The van der Waals surface area contributed by atoms with E-state index in [1.807, 2.05) is 6.07 Å². The third kappa shape index (κ3) is 5.18. The van der Waals surface area contributed by atoms with E-state index in [1.165, 1.54) is 18.9 Å². The third-order valence-electron chi connectivity index (χ3n) is 3.35. The summed E-state index contributed by atoms with van der Waals surface area (Å²) in [4.78, 5) is 0. The first-order valence-corrected chi connectivity index (χ1v) is 7.05. The molecule has 0 aliphatic carbocycles. The Bertz CT molecular complexity index is 351. The lowest BCUT2D eigenvalue weighted by atomic mass is 9.79. The maximum absolute atomic E-state index is 13.2. The normalized spacial score (nSPS) is 14.4. The molecule has 0 aromatic heterocycles. The molecule has 0 spiro atoms. The smallest absolute Gasteiger partial charge is 0.123 e. The summed E-state index contributed by atoms with van der Waals surface area (Å²) in [5, 5.41) is 3.50. The van der Waals surface area contributed by atoms with Crippen LogP contribution >= 0.6 is 0 Å². The van der Waals surface area contributed by atoms with Crippen molar-refractivity contribution in [3.8, 4) is 0 Å². The second-order valence-electron chi connectivity index (χ2n) is 5.54. The second kappa shape index (κ2) is 7.52. The Balaban J connectivity index is 2.65. The molecule has 1 N–H and O–H groups in total. The van der Waals surface area contributed by atoms with Gasteiger partial charge in [-0.2, -0.15) is 0 Å². The van der Waals surface area contributed by atoms with Crippen molar-refractivity contribution in [2.45, 2.75) is 46.5 Å². The van der Waals surface area contributed by atoms with Gasteiger partial charge in [-0.15, -0.1) is 0 Å². The predicted molar refractivity (Wildman–Crippen MR) is 76.3 cm³/mol. The number of hydrogen-bond donors (Lipinski definition) is 1. The molecule has 1 aromatic carbocycles. The zero-order valence-electron chi connectivity index (χ0n) is 11.9. The zero-order chi connectivity index (χ0) is 13.4. The largest absolute Gasteiger partial charge is 0.316 e. The van der Waals surface area contributed by atoms with Crippen molar-refractivity contribution in [3.63, 3.8) is 0 Å². The monoisotopic (exact) mass is 251 g/mol. The molecule has 1 rings (SSSR count). The second-order valence-corrected chi connectivity index (χ2v) is 5.54. The SMILES string of the molecule is CCCNCC(C)(CCC)Cc1cccc(F)c1. The zero-order valence-corrected chi connectivity index (χ0v) is 11.9. The lowest BCUT2D eigenvalue weighted by molar-refractivity contribution is 0.275. The van der Waals surface area contributed by atoms with Gasteiger partial charge in [-0.25, -0.2) is 4.39 Å². The van der Waals surface area contributed by atoms with E-state index in [9.17, 15) is 4.39 Å². The van der Waals surface area contributed by atoms with E-state index in [4.69, 9.17) is 0 Å². The highest BCUT2D eigenvalue weighted by Crippen LogP contribution is 2.27. The fraction of sp³-hybridized carbons (Fsp3) is 0.625. The summed E-state index contributed by atoms with van der Waals surface area (Å²) >= 11 is 0. The summed E-state index contributed by atoms with van der Waals surface area (Å²) in [6.07, 6.45) is 4.43. The lowest BCUT2D eigenvalue weighted by Crippen LogP contribution is -2.34. The first-order valence-electron chi connectivity index (χ1n) is 7.05. The van der Waals surface area contributed by atoms with Gasteiger partial charge in [-0.1, -0.05) is 39.3 Å². The average molecular weight is 251 g/mol. The van der Waals surface area contributed by atoms with Crippen LogP contribution in [-0.2, 0) is 6.42 Å². The van der Waals surface area contributed by atoms with Crippen LogP contribution < -0.4 is 5.32 Å². The highest BCUT2D eigenvalue weighted by atomic mass is 19.1. The lowest BCUT2D eigenvalue weighted by Gasteiger charge is -2.30. The van der Waals surface area contributed by atoms with Crippen molar-refractivity contribution in [3.05, 3.63) is 35.6 Å². The standard InChI is InChI=1S/C16H26FN/c1-4-9-16(3,13-18-10-5-2)12-14-7-6-8-15(17)11-14/h6-8,11,18H,4-5,9-10,12-13H2,1-3H3. The van der Waals surface area contributed by atoms with Crippen molar-refractivity contribution in [1.82, 2.24) is 5.32 Å². The van der Waals surface area contributed by atoms with Crippen LogP contribution in [0.3, 0.4) is 0 Å².